The lowest BCUT2D eigenvalue weighted by Gasteiger charge is -2.40. The lowest BCUT2D eigenvalue weighted by molar-refractivity contribution is 0.0943. The van der Waals surface area contributed by atoms with Crippen LogP contribution in [0.15, 0.2) is 47.4 Å². The summed E-state index contributed by atoms with van der Waals surface area (Å²) < 4.78 is 13.0. The molecule has 0 radical (unpaired) electrons. The van der Waals surface area contributed by atoms with Gasteiger partial charge in [-0.2, -0.15) is 5.26 Å². The zero-order valence-electron chi connectivity index (χ0n) is 18.8. The third kappa shape index (κ3) is 7.07. The van der Waals surface area contributed by atoms with Gasteiger partial charge in [0.15, 0.2) is 0 Å². The lowest BCUT2D eigenvalue weighted by Crippen LogP contribution is -2.48. The molecule has 31 heavy (non-hydrogen) atoms. The average Bonchev–Trinajstić information content (AvgIpc) is 2.79. The van der Waals surface area contributed by atoms with Crippen molar-refractivity contribution in [2.75, 3.05) is 38.5 Å². The monoisotopic (exact) mass is 439 g/mol. The van der Waals surface area contributed by atoms with E-state index in [1.165, 1.54) is 43.4 Å². The highest BCUT2D eigenvalue weighted by molar-refractivity contribution is 7.99. The van der Waals surface area contributed by atoms with Gasteiger partial charge in [0, 0.05) is 49.4 Å². The maximum atomic E-state index is 13.0. The maximum absolute atomic E-state index is 13.0. The number of benzene rings is 2. The normalized spacial score (nSPS) is 16.2. The summed E-state index contributed by atoms with van der Waals surface area (Å²) in [6, 6.07) is 15.9. The van der Waals surface area contributed by atoms with E-state index < -0.39 is 0 Å². The molecule has 1 atom stereocenters. The Morgan fingerprint density at radius 1 is 1.06 bits per heavy atom. The number of nitriles is 1. The standard InChI is InChI=1S/C26H34FN3S/c1-3-4-5-6-26(22-7-8-23(20-28)21(2)19-22)30-15-13-29(14-16-30)17-18-31-25-11-9-24(27)10-12-25/h7-12,19,26H,3-6,13-18H2,1-2H3. The Morgan fingerprint density at radius 2 is 1.81 bits per heavy atom. The second kappa shape index (κ2) is 12.2. The largest absolute Gasteiger partial charge is 0.300 e. The molecule has 3 rings (SSSR count). The summed E-state index contributed by atoms with van der Waals surface area (Å²) in [5, 5.41) is 9.27. The van der Waals surface area contributed by atoms with E-state index in [4.69, 9.17) is 0 Å². The predicted molar refractivity (Wildman–Crippen MR) is 128 cm³/mol. The first-order valence-corrected chi connectivity index (χ1v) is 12.4. The molecule has 0 aliphatic carbocycles. The van der Waals surface area contributed by atoms with E-state index >= 15 is 0 Å². The van der Waals surface area contributed by atoms with Gasteiger partial charge >= 0.3 is 0 Å². The smallest absolute Gasteiger partial charge is 0.123 e. The van der Waals surface area contributed by atoms with Crippen LogP contribution in [0.2, 0.25) is 0 Å². The van der Waals surface area contributed by atoms with E-state index in [2.05, 4.69) is 34.9 Å². The highest BCUT2D eigenvalue weighted by Gasteiger charge is 2.25. The van der Waals surface area contributed by atoms with Crippen molar-refractivity contribution >= 4 is 11.8 Å². The van der Waals surface area contributed by atoms with E-state index in [0.717, 1.165) is 54.5 Å². The van der Waals surface area contributed by atoms with Gasteiger partial charge in [-0.15, -0.1) is 11.8 Å². The fraction of sp³-hybridized carbons (Fsp3) is 0.500. The Hall–Kier alpha value is -1.87. The van der Waals surface area contributed by atoms with E-state index in [9.17, 15) is 9.65 Å². The van der Waals surface area contributed by atoms with E-state index in [-0.39, 0.29) is 5.82 Å². The van der Waals surface area contributed by atoms with E-state index in [0.29, 0.717) is 6.04 Å². The molecule has 2 aromatic carbocycles. The summed E-state index contributed by atoms with van der Waals surface area (Å²) in [7, 11) is 0. The Balaban J connectivity index is 1.54. The van der Waals surface area contributed by atoms with Crippen LogP contribution < -0.4 is 0 Å². The first-order chi connectivity index (χ1) is 15.1. The van der Waals surface area contributed by atoms with Crippen LogP contribution in [0.5, 0.6) is 0 Å². The van der Waals surface area contributed by atoms with Crippen LogP contribution in [0.4, 0.5) is 4.39 Å². The summed E-state index contributed by atoms with van der Waals surface area (Å²) >= 11 is 1.80. The molecule has 1 saturated heterocycles. The Morgan fingerprint density at radius 3 is 2.45 bits per heavy atom. The molecule has 0 amide bonds. The molecule has 5 heteroatoms. The van der Waals surface area contributed by atoms with Crippen molar-refractivity contribution in [3.63, 3.8) is 0 Å². The fourth-order valence-electron chi connectivity index (χ4n) is 4.29. The quantitative estimate of drug-likeness (QED) is 0.334. The maximum Gasteiger partial charge on any atom is 0.123 e. The minimum atomic E-state index is -0.175. The van der Waals surface area contributed by atoms with Crippen molar-refractivity contribution in [1.29, 1.82) is 5.26 Å². The molecule has 0 N–H and O–H groups in total. The van der Waals surface area contributed by atoms with Gasteiger partial charge in [-0.05, 0) is 54.8 Å². The molecule has 0 spiro atoms. The van der Waals surface area contributed by atoms with Crippen molar-refractivity contribution in [3.8, 4) is 6.07 Å². The molecule has 2 aromatic rings. The zero-order valence-corrected chi connectivity index (χ0v) is 19.6. The third-order valence-electron chi connectivity index (χ3n) is 6.17. The highest BCUT2D eigenvalue weighted by Crippen LogP contribution is 2.29. The number of halogens is 1. The minimum absolute atomic E-state index is 0.175. The van der Waals surface area contributed by atoms with Gasteiger partial charge in [-0.3, -0.25) is 9.80 Å². The molecule has 166 valence electrons. The molecule has 0 saturated carbocycles. The van der Waals surface area contributed by atoms with E-state index in [1.54, 1.807) is 11.8 Å². The van der Waals surface area contributed by atoms with Crippen molar-refractivity contribution in [2.45, 2.75) is 50.5 Å². The van der Waals surface area contributed by atoms with Gasteiger partial charge in [-0.25, -0.2) is 4.39 Å². The van der Waals surface area contributed by atoms with Crippen molar-refractivity contribution in [2.24, 2.45) is 0 Å². The van der Waals surface area contributed by atoms with Gasteiger partial charge in [0.25, 0.3) is 0 Å². The summed E-state index contributed by atoms with van der Waals surface area (Å²) in [4.78, 5) is 6.31. The number of thioether (sulfide) groups is 1. The van der Waals surface area contributed by atoms with Gasteiger partial charge < -0.3 is 0 Å². The molecule has 1 aliphatic rings. The van der Waals surface area contributed by atoms with Gasteiger partial charge in [0.2, 0.25) is 0 Å². The summed E-state index contributed by atoms with van der Waals surface area (Å²) in [6.45, 7) is 9.69. The molecule has 3 nitrogen and oxygen atoms in total. The number of hydrogen-bond donors (Lipinski definition) is 0. The van der Waals surface area contributed by atoms with Crippen molar-refractivity contribution in [3.05, 3.63) is 65.0 Å². The second-order valence-corrected chi connectivity index (χ2v) is 9.55. The molecule has 1 fully saturated rings. The number of nitrogens with zero attached hydrogens (tertiary/aromatic N) is 3. The van der Waals surface area contributed by atoms with Crippen LogP contribution >= 0.6 is 11.8 Å². The van der Waals surface area contributed by atoms with E-state index in [1.807, 2.05) is 25.1 Å². The summed E-state index contributed by atoms with van der Waals surface area (Å²) in [5.41, 5.74) is 3.21. The minimum Gasteiger partial charge on any atom is -0.300 e. The number of unbranched alkanes of at least 4 members (excludes halogenated alkanes) is 2. The first kappa shape index (κ1) is 23.8. The number of hydrogen-bond acceptors (Lipinski definition) is 4. The van der Waals surface area contributed by atoms with Crippen LogP contribution in [0.25, 0.3) is 0 Å². The first-order valence-electron chi connectivity index (χ1n) is 11.5. The van der Waals surface area contributed by atoms with Gasteiger partial charge in [0.05, 0.1) is 11.6 Å². The van der Waals surface area contributed by atoms with Crippen LogP contribution in [0.1, 0.15) is 55.3 Å². The predicted octanol–water partition coefficient (Wildman–Crippen LogP) is 6.04. The topological polar surface area (TPSA) is 30.3 Å². The van der Waals surface area contributed by atoms with Crippen molar-refractivity contribution in [1.82, 2.24) is 9.80 Å². The van der Waals surface area contributed by atoms with Gasteiger partial charge in [-0.1, -0.05) is 38.3 Å². The third-order valence-corrected chi connectivity index (χ3v) is 7.17. The molecule has 0 bridgehead atoms. The lowest BCUT2D eigenvalue weighted by atomic mass is 9.95. The SMILES string of the molecule is CCCCCC(c1ccc(C#N)c(C)c1)N1CCN(CCSc2ccc(F)cc2)CC1. The van der Waals surface area contributed by atoms with Crippen LogP contribution in [0, 0.1) is 24.1 Å². The van der Waals surface area contributed by atoms with Crippen LogP contribution in [-0.4, -0.2) is 48.3 Å². The van der Waals surface area contributed by atoms with Crippen molar-refractivity contribution < 1.29 is 4.39 Å². The Labute approximate surface area is 191 Å². The van der Waals surface area contributed by atoms with Crippen LogP contribution in [-0.2, 0) is 0 Å². The van der Waals surface area contributed by atoms with Crippen LogP contribution in [0.3, 0.4) is 0 Å². The molecule has 0 aromatic heterocycles. The molecular formula is C26H34FN3S. The molecule has 1 heterocycles. The average molecular weight is 440 g/mol. The Kier molecular flexibility index (Phi) is 9.39. The molecule has 1 aliphatic heterocycles. The Bertz CT molecular complexity index is 854. The molecular weight excluding hydrogens is 405 g/mol. The summed E-state index contributed by atoms with van der Waals surface area (Å²) in [5.74, 6) is 0.854. The number of aryl methyl sites for hydroxylation is 1. The second-order valence-electron chi connectivity index (χ2n) is 8.38. The number of rotatable bonds is 10. The summed E-state index contributed by atoms with van der Waals surface area (Å²) in [6.07, 6.45) is 4.93. The fourth-order valence-corrected chi connectivity index (χ4v) is 5.20. The highest BCUT2D eigenvalue weighted by atomic mass is 32.2. The zero-order chi connectivity index (χ0) is 22.1. The van der Waals surface area contributed by atoms with Gasteiger partial charge in [0.1, 0.15) is 5.82 Å². The molecule has 1 unspecified atom stereocenters. The number of piperazine rings is 1.